The van der Waals surface area contributed by atoms with Crippen LogP contribution in [0.4, 0.5) is 10.1 Å². The molecule has 0 N–H and O–H groups in total. The van der Waals surface area contributed by atoms with E-state index in [1.54, 1.807) is 30.5 Å². The Morgan fingerprint density at radius 1 is 1.26 bits per heavy atom. The molecule has 0 bridgehead atoms. The van der Waals surface area contributed by atoms with Crippen LogP contribution in [0, 0.1) is 5.82 Å². The highest BCUT2D eigenvalue weighted by Gasteiger charge is 2.29. The van der Waals surface area contributed by atoms with Crippen LogP contribution in [0.2, 0.25) is 0 Å². The minimum absolute atomic E-state index is 0.250. The number of benzene rings is 1. The number of thiophene rings is 1. The number of hydrogen-bond acceptors (Lipinski definition) is 4. The first-order chi connectivity index (χ1) is 11.1. The maximum Gasteiger partial charge on any atom is 0.280 e. The Labute approximate surface area is 136 Å². The van der Waals surface area contributed by atoms with Gasteiger partial charge in [0.1, 0.15) is 5.82 Å². The largest absolute Gasteiger partial charge is 0.355 e. The van der Waals surface area contributed by atoms with E-state index in [-0.39, 0.29) is 11.7 Å². The predicted molar refractivity (Wildman–Crippen MR) is 86.4 cm³/mol. The number of aryl methyl sites for hydroxylation is 1. The van der Waals surface area contributed by atoms with Gasteiger partial charge in [0.15, 0.2) is 11.5 Å². The van der Waals surface area contributed by atoms with E-state index in [1.807, 2.05) is 11.4 Å². The van der Waals surface area contributed by atoms with Gasteiger partial charge in [-0.2, -0.15) is 0 Å². The molecule has 4 rings (SSSR count). The molecule has 0 atom stereocenters. The van der Waals surface area contributed by atoms with E-state index in [0.29, 0.717) is 17.1 Å². The van der Waals surface area contributed by atoms with E-state index in [0.717, 1.165) is 24.0 Å². The van der Waals surface area contributed by atoms with E-state index in [4.69, 9.17) is 4.52 Å². The van der Waals surface area contributed by atoms with Crippen molar-refractivity contribution >= 4 is 22.9 Å². The van der Waals surface area contributed by atoms with Gasteiger partial charge in [-0.15, -0.1) is 11.3 Å². The monoisotopic (exact) mass is 328 g/mol. The minimum Gasteiger partial charge on any atom is -0.355 e. The Bertz CT molecular complexity index is 882. The molecular weight excluding hydrogens is 315 g/mol. The first-order valence-electron chi connectivity index (χ1n) is 7.24. The Balaban J connectivity index is 1.69. The molecule has 0 saturated heterocycles. The summed E-state index contributed by atoms with van der Waals surface area (Å²) in [4.78, 5) is 15.4. The lowest BCUT2D eigenvalue weighted by Gasteiger charge is -2.17. The number of nitrogens with zero attached hydrogens (tertiary/aromatic N) is 2. The van der Waals surface area contributed by atoms with Crippen LogP contribution in [-0.4, -0.2) is 18.1 Å². The number of anilines is 1. The molecule has 1 aromatic carbocycles. The quantitative estimate of drug-likeness (QED) is 0.716. The number of fused-ring (bicyclic) bond motifs is 3. The Morgan fingerprint density at radius 2 is 2.04 bits per heavy atom. The zero-order chi connectivity index (χ0) is 16.0. The Kier molecular flexibility index (Phi) is 3.27. The van der Waals surface area contributed by atoms with Gasteiger partial charge in [0.25, 0.3) is 5.91 Å². The van der Waals surface area contributed by atoms with Crippen LogP contribution in [0.1, 0.15) is 20.9 Å². The molecule has 1 aliphatic rings. The zero-order valence-electron chi connectivity index (χ0n) is 12.4. The molecule has 116 valence electrons. The second-order valence-corrected chi connectivity index (χ2v) is 6.44. The van der Waals surface area contributed by atoms with E-state index >= 15 is 0 Å². The van der Waals surface area contributed by atoms with Gasteiger partial charge in [-0.05, 0) is 48.6 Å². The first-order valence-corrected chi connectivity index (χ1v) is 8.12. The molecule has 23 heavy (non-hydrogen) atoms. The predicted octanol–water partition coefficient (Wildman–Crippen LogP) is 3.92. The molecule has 0 radical (unpaired) electrons. The molecule has 1 aliphatic carbocycles. The van der Waals surface area contributed by atoms with E-state index in [1.165, 1.54) is 21.9 Å². The van der Waals surface area contributed by atoms with Crippen LogP contribution < -0.4 is 4.90 Å². The van der Waals surface area contributed by atoms with Crippen molar-refractivity contribution in [3.63, 3.8) is 0 Å². The smallest absolute Gasteiger partial charge is 0.280 e. The average Bonchev–Trinajstić information content (AvgIpc) is 3.20. The van der Waals surface area contributed by atoms with Crippen LogP contribution in [0.5, 0.6) is 0 Å². The third-order valence-electron chi connectivity index (χ3n) is 4.10. The van der Waals surface area contributed by atoms with Crippen molar-refractivity contribution in [3.05, 3.63) is 57.7 Å². The minimum atomic E-state index is -0.335. The number of aromatic nitrogens is 1. The summed E-state index contributed by atoms with van der Waals surface area (Å²) in [5.74, 6) is 0.113. The molecule has 6 heteroatoms. The van der Waals surface area contributed by atoms with Crippen molar-refractivity contribution in [1.29, 1.82) is 0 Å². The van der Waals surface area contributed by atoms with E-state index < -0.39 is 0 Å². The second kappa shape index (κ2) is 5.31. The molecule has 3 aromatic rings. The third kappa shape index (κ3) is 2.26. The molecule has 2 heterocycles. The standard InChI is InChI=1S/C17H13FN2O2S/c1-20(11-4-2-10(18)3-5-11)17(21)15-13-6-7-14-12(8-9-23-14)16(13)22-19-15/h2-5,8-9H,6-7H2,1H3. The van der Waals surface area contributed by atoms with Gasteiger partial charge in [-0.25, -0.2) is 4.39 Å². The summed E-state index contributed by atoms with van der Waals surface area (Å²) in [7, 11) is 1.65. The lowest BCUT2D eigenvalue weighted by molar-refractivity contribution is 0.0983. The second-order valence-electron chi connectivity index (χ2n) is 5.44. The van der Waals surface area contributed by atoms with Crippen molar-refractivity contribution in [2.24, 2.45) is 0 Å². The number of carbonyl (C=O) groups is 1. The van der Waals surface area contributed by atoms with Crippen molar-refractivity contribution in [1.82, 2.24) is 5.16 Å². The molecule has 0 saturated carbocycles. The number of amides is 1. The van der Waals surface area contributed by atoms with Gasteiger partial charge in [-0.3, -0.25) is 4.79 Å². The normalized spacial score (nSPS) is 12.6. The molecule has 2 aromatic heterocycles. The van der Waals surface area contributed by atoms with E-state index in [9.17, 15) is 9.18 Å². The van der Waals surface area contributed by atoms with Crippen LogP contribution in [0.3, 0.4) is 0 Å². The summed E-state index contributed by atoms with van der Waals surface area (Å²) in [6.45, 7) is 0. The van der Waals surface area contributed by atoms with Crippen molar-refractivity contribution in [3.8, 4) is 11.3 Å². The van der Waals surface area contributed by atoms with Crippen LogP contribution in [-0.2, 0) is 12.8 Å². The first kappa shape index (κ1) is 14.1. The van der Waals surface area contributed by atoms with Crippen LogP contribution in [0.15, 0.2) is 40.2 Å². The fourth-order valence-corrected chi connectivity index (χ4v) is 3.71. The van der Waals surface area contributed by atoms with Crippen molar-refractivity contribution in [2.75, 3.05) is 11.9 Å². The molecule has 0 fully saturated rings. The van der Waals surface area contributed by atoms with Gasteiger partial charge in [0.05, 0.1) is 0 Å². The number of hydrogen-bond donors (Lipinski definition) is 0. The summed E-state index contributed by atoms with van der Waals surface area (Å²) in [6, 6.07) is 7.79. The van der Waals surface area contributed by atoms with Crippen LogP contribution >= 0.6 is 11.3 Å². The number of halogens is 1. The van der Waals surface area contributed by atoms with Crippen LogP contribution in [0.25, 0.3) is 11.3 Å². The summed E-state index contributed by atoms with van der Waals surface area (Å²) < 4.78 is 18.5. The van der Waals surface area contributed by atoms with Crippen molar-refractivity contribution < 1.29 is 13.7 Å². The van der Waals surface area contributed by atoms with Gasteiger partial charge in [0.2, 0.25) is 0 Å². The SMILES string of the molecule is CN(C(=O)c1noc2c1CCc1sccc1-2)c1ccc(F)cc1. The van der Waals surface area contributed by atoms with E-state index in [2.05, 4.69) is 5.16 Å². The van der Waals surface area contributed by atoms with Gasteiger partial charge in [0, 0.05) is 28.7 Å². The zero-order valence-corrected chi connectivity index (χ0v) is 13.2. The number of carbonyl (C=O) groups excluding carboxylic acids is 1. The molecule has 1 amide bonds. The molecule has 0 spiro atoms. The fraction of sp³-hybridized carbons (Fsp3) is 0.176. The summed E-state index contributed by atoms with van der Waals surface area (Å²) in [6.07, 6.45) is 1.63. The van der Waals surface area contributed by atoms with Crippen molar-refractivity contribution in [2.45, 2.75) is 12.8 Å². The lowest BCUT2D eigenvalue weighted by Crippen LogP contribution is -2.27. The van der Waals surface area contributed by atoms with Gasteiger partial charge < -0.3 is 9.42 Å². The highest BCUT2D eigenvalue weighted by molar-refractivity contribution is 7.10. The van der Waals surface area contributed by atoms with Gasteiger partial charge >= 0.3 is 0 Å². The maximum atomic E-state index is 13.0. The highest BCUT2D eigenvalue weighted by atomic mass is 32.1. The molecule has 0 unspecified atom stereocenters. The maximum absolute atomic E-state index is 13.0. The molecule has 0 aliphatic heterocycles. The lowest BCUT2D eigenvalue weighted by atomic mass is 9.95. The Morgan fingerprint density at radius 3 is 2.83 bits per heavy atom. The summed E-state index contributed by atoms with van der Waals surface area (Å²) in [5.41, 5.74) is 2.84. The fourth-order valence-electron chi connectivity index (χ4n) is 2.84. The molecule has 4 nitrogen and oxygen atoms in total. The Hall–Kier alpha value is -2.47. The highest BCUT2D eigenvalue weighted by Crippen LogP contribution is 2.38. The molecular formula is C17H13FN2O2S. The summed E-state index contributed by atoms with van der Waals surface area (Å²) >= 11 is 1.69. The average molecular weight is 328 g/mol. The number of rotatable bonds is 2. The topological polar surface area (TPSA) is 46.3 Å². The van der Waals surface area contributed by atoms with Gasteiger partial charge in [-0.1, -0.05) is 5.16 Å². The third-order valence-corrected chi connectivity index (χ3v) is 5.08. The summed E-state index contributed by atoms with van der Waals surface area (Å²) in [5, 5.41) is 6.03.